The largest absolute Gasteiger partial charge is 0.494 e. The van der Waals surface area contributed by atoms with Gasteiger partial charge in [-0.05, 0) is 73.1 Å². The van der Waals surface area contributed by atoms with Crippen LogP contribution in [0.3, 0.4) is 0 Å². The molecule has 0 saturated heterocycles. The number of anilines is 1. The van der Waals surface area contributed by atoms with Crippen molar-refractivity contribution in [2.75, 3.05) is 11.9 Å². The minimum absolute atomic E-state index is 0.149. The Labute approximate surface area is 202 Å². The van der Waals surface area contributed by atoms with Gasteiger partial charge in [-0.1, -0.05) is 43.3 Å². The second kappa shape index (κ2) is 10.3. The Bertz CT molecular complexity index is 1430. The molecule has 0 aliphatic rings. The maximum absolute atomic E-state index is 12.7. The Morgan fingerprint density at radius 1 is 1.03 bits per heavy atom. The summed E-state index contributed by atoms with van der Waals surface area (Å²) in [5.41, 5.74) is 3.26. The van der Waals surface area contributed by atoms with Crippen molar-refractivity contribution in [2.24, 2.45) is 0 Å². The molecule has 1 heterocycles. The molecule has 4 aromatic rings. The van der Waals surface area contributed by atoms with Crippen LogP contribution in [0.15, 0.2) is 82.0 Å². The van der Waals surface area contributed by atoms with Crippen molar-refractivity contribution in [3.8, 4) is 16.9 Å². The van der Waals surface area contributed by atoms with Gasteiger partial charge in [0.05, 0.1) is 12.2 Å². The van der Waals surface area contributed by atoms with Gasteiger partial charge in [-0.2, -0.15) is 0 Å². The lowest BCUT2D eigenvalue weighted by Gasteiger charge is -2.14. The number of carbonyl (C=O) groups excluding carboxylic acids is 1. The molecule has 0 unspecified atom stereocenters. The van der Waals surface area contributed by atoms with Crippen LogP contribution in [0.25, 0.3) is 22.1 Å². The van der Waals surface area contributed by atoms with Gasteiger partial charge in [0, 0.05) is 16.6 Å². The number of aryl methyl sites for hydroxylation is 1. The molecule has 0 spiro atoms. The molecule has 2 N–H and O–H groups in total. The van der Waals surface area contributed by atoms with E-state index in [9.17, 15) is 9.59 Å². The van der Waals surface area contributed by atoms with E-state index in [-0.39, 0.29) is 11.0 Å². The van der Waals surface area contributed by atoms with Gasteiger partial charge in [-0.3, -0.25) is 10.1 Å². The average molecular weight is 473 g/mol. The number of benzene rings is 3. The van der Waals surface area contributed by atoms with Crippen molar-refractivity contribution in [3.63, 3.8) is 0 Å². The smallest absolute Gasteiger partial charge is 0.344 e. The van der Waals surface area contributed by atoms with E-state index < -0.39 is 5.63 Å². The molecule has 7 heteroatoms. The average Bonchev–Trinajstić information content (AvgIpc) is 2.84. The minimum atomic E-state index is -0.422. The summed E-state index contributed by atoms with van der Waals surface area (Å²) < 4.78 is 11.1. The van der Waals surface area contributed by atoms with E-state index in [1.165, 1.54) is 0 Å². The van der Waals surface area contributed by atoms with Gasteiger partial charge >= 0.3 is 5.63 Å². The molecule has 3 aromatic carbocycles. The zero-order valence-electron chi connectivity index (χ0n) is 18.9. The molecule has 34 heavy (non-hydrogen) atoms. The van der Waals surface area contributed by atoms with Gasteiger partial charge < -0.3 is 14.5 Å². The monoisotopic (exact) mass is 472 g/mol. The van der Waals surface area contributed by atoms with Crippen molar-refractivity contribution in [3.05, 3.63) is 94.3 Å². The first kappa shape index (κ1) is 23.2. The number of nitrogens with one attached hydrogen (secondary N) is 2. The zero-order valence-corrected chi connectivity index (χ0v) is 19.7. The third-order valence-corrected chi connectivity index (χ3v) is 5.44. The maximum Gasteiger partial charge on any atom is 0.344 e. The molecule has 1 aromatic heterocycles. The first-order chi connectivity index (χ1) is 16.4. The molecule has 6 nitrogen and oxygen atoms in total. The van der Waals surface area contributed by atoms with Crippen molar-refractivity contribution >= 4 is 39.9 Å². The van der Waals surface area contributed by atoms with Gasteiger partial charge in [0.25, 0.3) is 5.91 Å². The SMILES string of the molecule is CCCOc1cccc(C(=O)NC(=S)Nc2cc(-c3cc4ccccc4oc3=O)ccc2C)c1. The lowest BCUT2D eigenvalue weighted by molar-refractivity contribution is 0.0977. The highest BCUT2D eigenvalue weighted by atomic mass is 32.1. The number of fused-ring (bicyclic) bond motifs is 1. The highest BCUT2D eigenvalue weighted by Crippen LogP contribution is 2.26. The van der Waals surface area contributed by atoms with Crippen molar-refractivity contribution in [2.45, 2.75) is 20.3 Å². The topological polar surface area (TPSA) is 80.6 Å². The quantitative estimate of drug-likeness (QED) is 0.277. The highest BCUT2D eigenvalue weighted by Gasteiger charge is 2.13. The Kier molecular flexibility index (Phi) is 7.04. The van der Waals surface area contributed by atoms with E-state index in [1.54, 1.807) is 30.3 Å². The van der Waals surface area contributed by atoms with Crippen LogP contribution in [0.5, 0.6) is 5.75 Å². The molecular formula is C27H24N2O4S. The standard InChI is InChI=1S/C27H24N2O4S/c1-3-13-32-21-9-6-8-20(14-21)25(30)29-27(34)28-23-16-18(12-11-17(23)2)22-15-19-7-4-5-10-24(19)33-26(22)31/h4-12,14-16H,3,13H2,1-2H3,(H2,28,29,30,34). The van der Waals surface area contributed by atoms with E-state index in [2.05, 4.69) is 10.6 Å². The maximum atomic E-state index is 12.7. The summed E-state index contributed by atoms with van der Waals surface area (Å²) in [6, 6.07) is 21.7. The van der Waals surface area contributed by atoms with Crippen LogP contribution in [-0.2, 0) is 0 Å². The number of hydrogen-bond donors (Lipinski definition) is 2. The lowest BCUT2D eigenvalue weighted by Crippen LogP contribution is -2.34. The number of ether oxygens (including phenoxy) is 1. The van der Waals surface area contributed by atoms with Crippen LogP contribution < -0.4 is 21.0 Å². The lowest BCUT2D eigenvalue weighted by atomic mass is 10.0. The van der Waals surface area contributed by atoms with Crippen LogP contribution in [0, 0.1) is 6.92 Å². The minimum Gasteiger partial charge on any atom is -0.494 e. The number of hydrogen-bond acceptors (Lipinski definition) is 5. The molecule has 0 saturated carbocycles. The number of thiocarbonyl (C=S) groups is 1. The van der Waals surface area contributed by atoms with E-state index in [1.807, 2.05) is 56.3 Å². The van der Waals surface area contributed by atoms with Gasteiger partial charge in [-0.15, -0.1) is 0 Å². The molecule has 0 fully saturated rings. The summed E-state index contributed by atoms with van der Waals surface area (Å²) in [6.45, 7) is 4.51. The highest BCUT2D eigenvalue weighted by molar-refractivity contribution is 7.80. The Morgan fingerprint density at radius 2 is 1.85 bits per heavy atom. The van der Waals surface area contributed by atoms with Crippen molar-refractivity contribution in [1.29, 1.82) is 0 Å². The fraction of sp³-hybridized carbons (Fsp3) is 0.148. The number of amides is 1. The van der Waals surface area contributed by atoms with Crippen LogP contribution in [0.1, 0.15) is 29.3 Å². The third kappa shape index (κ3) is 5.32. The van der Waals surface area contributed by atoms with Crippen LogP contribution >= 0.6 is 12.2 Å². The third-order valence-electron chi connectivity index (χ3n) is 5.23. The normalized spacial score (nSPS) is 10.6. The summed E-state index contributed by atoms with van der Waals surface area (Å²) in [4.78, 5) is 25.2. The van der Waals surface area contributed by atoms with E-state index in [4.69, 9.17) is 21.4 Å². The van der Waals surface area contributed by atoms with Crippen LogP contribution in [0.4, 0.5) is 5.69 Å². The number of para-hydroxylation sites is 1. The van der Waals surface area contributed by atoms with Crippen molar-refractivity contribution < 1.29 is 13.9 Å². The van der Waals surface area contributed by atoms with Crippen LogP contribution in [-0.4, -0.2) is 17.6 Å². The molecule has 172 valence electrons. The molecule has 4 rings (SSSR count). The molecule has 0 bridgehead atoms. The second-order valence-corrected chi connectivity index (χ2v) is 8.21. The van der Waals surface area contributed by atoms with E-state index in [0.29, 0.717) is 40.3 Å². The van der Waals surface area contributed by atoms with Gasteiger partial charge in [0.15, 0.2) is 5.11 Å². The second-order valence-electron chi connectivity index (χ2n) is 7.80. The summed E-state index contributed by atoms with van der Waals surface area (Å²) >= 11 is 5.37. The van der Waals surface area contributed by atoms with Crippen LogP contribution in [0.2, 0.25) is 0 Å². The van der Waals surface area contributed by atoms with E-state index >= 15 is 0 Å². The fourth-order valence-corrected chi connectivity index (χ4v) is 3.67. The van der Waals surface area contributed by atoms with Gasteiger partial charge in [0.2, 0.25) is 0 Å². The predicted molar refractivity (Wildman–Crippen MR) is 139 cm³/mol. The number of carbonyl (C=O) groups is 1. The zero-order chi connectivity index (χ0) is 24.1. The Balaban J connectivity index is 1.52. The Hall–Kier alpha value is -3.97. The first-order valence-electron chi connectivity index (χ1n) is 10.9. The summed E-state index contributed by atoms with van der Waals surface area (Å²) in [5.74, 6) is 0.287. The summed E-state index contributed by atoms with van der Waals surface area (Å²) in [6.07, 6.45) is 0.879. The molecular weight excluding hydrogens is 448 g/mol. The van der Waals surface area contributed by atoms with Crippen molar-refractivity contribution in [1.82, 2.24) is 5.32 Å². The first-order valence-corrected chi connectivity index (χ1v) is 11.3. The summed E-state index contributed by atoms with van der Waals surface area (Å²) in [7, 11) is 0. The molecule has 0 radical (unpaired) electrons. The van der Waals surface area contributed by atoms with Gasteiger partial charge in [0.1, 0.15) is 11.3 Å². The fourth-order valence-electron chi connectivity index (χ4n) is 3.46. The predicted octanol–water partition coefficient (Wildman–Crippen LogP) is 5.68. The van der Waals surface area contributed by atoms with E-state index in [0.717, 1.165) is 17.4 Å². The summed E-state index contributed by atoms with van der Waals surface area (Å²) in [5, 5.41) is 6.74. The molecule has 0 atom stereocenters. The Morgan fingerprint density at radius 3 is 2.68 bits per heavy atom. The molecule has 0 aliphatic carbocycles. The molecule has 1 amide bonds. The van der Waals surface area contributed by atoms with Gasteiger partial charge in [-0.25, -0.2) is 4.79 Å². The number of rotatable bonds is 6. The molecule has 0 aliphatic heterocycles.